The normalized spacial score (nSPS) is 16.9. The number of rotatable bonds is 3. The molecule has 1 fully saturated rings. The van der Waals surface area contributed by atoms with Gasteiger partial charge in [0, 0.05) is 18.3 Å². The minimum absolute atomic E-state index is 0.234. The molecule has 0 bridgehead atoms. The first kappa shape index (κ1) is 19.2. The topological polar surface area (TPSA) is 151 Å². The van der Waals surface area contributed by atoms with Gasteiger partial charge in [-0.3, -0.25) is 4.98 Å². The van der Waals surface area contributed by atoms with E-state index in [1.54, 1.807) is 16.8 Å². The van der Waals surface area contributed by atoms with Crippen molar-refractivity contribution in [2.45, 2.75) is 31.8 Å². The molecule has 33 heavy (non-hydrogen) atoms. The summed E-state index contributed by atoms with van der Waals surface area (Å²) >= 11 is 0. The van der Waals surface area contributed by atoms with Gasteiger partial charge in [0.2, 0.25) is 11.8 Å². The van der Waals surface area contributed by atoms with Gasteiger partial charge < -0.3 is 15.0 Å². The Morgan fingerprint density at radius 2 is 2.12 bits per heavy atom. The minimum atomic E-state index is -0.501. The number of aromatic hydroxyl groups is 1. The van der Waals surface area contributed by atoms with Crippen LogP contribution in [0.4, 0.5) is 5.95 Å². The summed E-state index contributed by atoms with van der Waals surface area (Å²) in [5, 5.41) is 24.2. The molecule has 0 unspecified atom stereocenters. The number of nitriles is 1. The molecule has 0 radical (unpaired) electrons. The molecule has 4 heterocycles. The van der Waals surface area contributed by atoms with E-state index in [1.165, 1.54) is 5.56 Å². The molecule has 0 spiro atoms. The van der Waals surface area contributed by atoms with E-state index < -0.39 is 5.69 Å². The van der Waals surface area contributed by atoms with E-state index >= 15 is 0 Å². The Labute approximate surface area is 186 Å². The monoisotopic (exact) mass is 441 g/mol. The van der Waals surface area contributed by atoms with E-state index in [0.29, 0.717) is 34.5 Å². The standard InChI is InChI=1S/C22H19N9O2/c23-9-12-1-2-13-5-6-30(11-15(13)7-12)20-27-18-14(8-17-19(32)28-22(33)26-17)10-24-31(18)21(29-20)25-16-3-4-16/h1-2,7-8,10,16,32H,3-6,11H2,(H2,26,28,33). The summed E-state index contributed by atoms with van der Waals surface area (Å²) in [4.78, 5) is 32.6. The Morgan fingerprint density at radius 1 is 1.24 bits per heavy atom. The summed E-state index contributed by atoms with van der Waals surface area (Å²) < 4.78 is 1.58. The third-order valence-electron chi connectivity index (χ3n) is 5.88. The molecule has 1 saturated carbocycles. The molecule has 2 aliphatic rings. The number of imidazole rings is 1. The smallest absolute Gasteiger partial charge is 0.326 e. The van der Waals surface area contributed by atoms with Gasteiger partial charge in [-0.25, -0.2) is 9.79 Å². The van der Waals surface area contributed by atoms with Gasteiger partial charge in [-0.1, -0.05) is 6.07 Å². The maximum atomic E-state index is 11.5. The molecule has 3 N–H and O–H groups in total. The van der Waals surface area contributed by atoms with Crippen LogP contribution in [0.1, 0.15) is 35.2 Å². The van der Waals surface area contributed by atoms with Gasteiger partial charge in [-0.2, -0.15) is 24.8 Å². The van der Waals surface area contributed by atoms with Crippen molar-refractivity contribution in [3.8, 4) is 11.9 Å². The predicted octanol–water partition coefficient (Wildman–Crippen LogP) is -0.109. The Kier molecular flexibility index (Phi) is 4.26. The highest BCUT2D eigenvalue weighted by molar-refractivity contribution is 5.57. The minimum Gasteiger partial charge on any atom is -0.493 e. The van der Waals surface area contributed by atoms with Crippen molar-refractivity contribution in [3.05, 3.63) is 68.1 Å². The highest BCUT2D eigenvalue weighted by Crippen LogP contribution is 2.24. The molecule has 6 rings (SSSR count). The van der Waals surface area contributed by atoms with Crippen LogP contribution in [0.2, 0.25) is 0 Å². The first-order chi connectivity index (χ1) is 16.1. The van der Waals surface area contributed by atoms with Crippen molar-refractivity contribution in [3.63, 3.8) is 0 Å². The van der Waals surface area contributed by atoms with Gasteiger partial charge in [-0.05, 0) is 48.6 Å². The number of benzene rings is 1. The second-order valence-electron chi connectivity index (χ2n) is 8.27. The first-order valence-electron chi connectivity index (χ1n) is 10.7. The molecule has 1 aliphatic carbocycles. The zero-order chi connectivity index (χ0) is 22.5. The van der Waals surface area contributed by atoms with Crippen molar-refractivity contribution < 1.29 is 5.11 Å². The summed E-state index contributed by atoms with van der Waals surface area (Å²) in [6.45, 7) is 1.32. The largest absolute Gasteiger partial charge is 0.493 e. The molecule has 3 aromatic heterocycles. The molecule has 164 valence electrons. The zero-order valence-electron chi connectivity index (χ0n) is 17.5. The van der Waals surface area contributed by atoms with Gasteiger partial charge in [0.05, 0.1) is 23.9 Å². The molecule has 4 aromatic rings. The van der Waals surface area contributed by atoms with E-state index in [4.69, 9.17) is 15.0 Å². The number of hydrogen-bond donors (Lipinski definition) is 3. The lowest BCUT2D eigenvalue weighted by Gasteiger charge is -2.28. The van der Waals surface area contributed by atoms with Crippen LogP contribution in [0.3, 0.4) is 0 Å². The van der Waals surface area contributed by atoms with Crippen LogP contribution in [-0.2, 0) is 13.0 Å². The van der Waals surface area contributed by atoms with Crippen molar-refractivity contribution >= 4 is 17.7 Å². The van der Waals surface area contributed by atoms with Crippen LogP contribution in [-0.4, -0.2) is 47.2 Å². The molecular weight excluding hydrogens is 422 g/mol. The lowest BCUT2D eigenvalue weighted by molar-refractivity contribution is 0.454. The maximum absolute atomic E-state index is 11.5. The van der Waals surface area contributed by atoms with Crippen LogP contribution in [0.25, 0.3) is 11.7 Å². The average Bonchev–Trinajstić information content (AvgIpc) is 3.46. The zero-order valence-corrected chi connectivity index (χ0v) is 17.5. The molecule has 1 aromatic carbocycles. The Hall–Kier alpha value is -4.46. The third kappa shape index (κ3) is 3.51. The number of aromatic amines is 2. The summed E-state index contributed by atoms with van der Waals surface area (Å²) in [5.41, 5.74) is 3.67. The van der Waals surface area contributed by atoms with E-state index in [9.17, 15) is 15.2 Å². The number of nitrogens with zero attached hydrogens (tertiary/aromatic N) is 7. The van der Waals surface area contributed by atoms with Gasteiger partial charge >= 0.3 is 5.69 Å². The summed E-state index contributed by atoms with van der Waals surface area (Å²) in [6.07, 6.45) is 6.08. The quantitative estimate of drug-likeness (QED) is 0.401. The molecule has 0 atom stereocenters. The highest BCUT2D eigenvalue weighted by Gasteiger charge is 2.23. The molecular formula is C22H19N9O2. The lowest BCUT2D eigenvalue weighted by atomic mass is 9.98. The van der Waals surface area contributed by atoms with Crippen molar-refractivity contribution in [1.82, 2.24) is 29.5 Å². The van der Waals surface area contributed by atoms with Crippen molar-refractivity contribution in [2.75, 3.05) is 11.4 Å². The van der Waals surface area contributed by atoms with E-state index in [-0.39, 0.29) is 17.6 Å². The van der Waals surface area contributed by atoms with Gasteiger partial charge in [0.1, 0.15) is 5.69 Å². The number of H-pyrrole nitrogens is 2. The van der Waals surface area contributed by atoms with Gasteiger partial charge in [-0.15, -0.1) is 0 Å². The van der Waals surface area contributed by atoms with Crippen molar-refractivity contribution in [2.24, 2.45) is 4.99 Å². The summed E-state index contributed by atoms with van der Waals surface area (Å²) in [6, 6.07) is 8.20. The molecule has 1 aliphatic heterocycles. The highest BCUT2D eigenvalue weighted by atomic mass is 16.3. The van der Waals surface area contributed by atoms with E-state index in [2.05, 4.69) is 26.0 Å². The van der Waals surface area contributed by atoms with Gasteiger partial charge in [0.25, 0.3) is 5.62 Å². The fourth-order valence-electron chi connectivity index (χ4n) is 4.01. The van der Waals surface area contributed by atoms with Crippen molar-refractivity contribution in [1.29, 1.82) is 5.26 Å². The second-order valence-corrected chi connectivity index (χ2v) is 8.27. The molecule has 0 amide bonds. The van der Waals surface area contributed by atoms with Crippen LogP contribution < -0.4 is 21.4 Å². The summed E-state index contributed by atoms with van der Waals surface area (Å²) in [5.74, 6) is 0.273. The number of anilines is 1. The SMILES string of the molecule is N#Cc1ccc2c(c1)CN(c1nc(=NC3CC3)n3ncc(=Cc4[nH]c(=O)[nH]c4O)c3n1)CC2. The van der Waals surface area contributed by atoms with Crippen LogP contribution in [0.15, 0.2) is 34.2 Å². The predicted molar refractivity (Wildman–Crippen MR) is 117 cm³/mol. The van der Waals surface area contributed by atoms with Crippen LogP contribution >= 0.6 is 0 Å². The summed E-state index contributed by atoms with van der Waals surface area (Å²) in [7, 11) is 0. The number of aromatic nitrogens is 6. The number of hydrogen-bond acceptors (Lipinski definition) is 8. The van der Waals surface area contributed by atoms with Crippen LogP contribution in [0.5, 0.6) is 5.88 Å². The molecule has 11 nitrogen and oxygen atoms in total. The second kappa shape index (κ2) is 7.30. The van der Waals surface area contributed by atoms with E-state index in [1.807, 2.05) is 18.2 Å². The van der Waals surface area contributed by atoms with Crippen LogP contribution in [0, 0.1) is 11.3 Å². The van der Waals surface area contributed by atoms with E-state index in [0.717, 1.165) is 31.4 Å². The number of nitrogens with one attached hydrogen (secondary N) is 2. The molecule has 11 heteroatoms. The number of fused-ring (bicyclic) bond motifs is 2. The Bertz CT molecular complexity index is 1620. The average molecular weight is 441 g/mol. The fraction of sp³-hybridized carbons (Fsp3) is 0.273. The lowest BCUT2D eigenvalue weighted by Crippen LogP contribution is -2.35. The Morgan fingerprint density at radius 3 is 2.88 bits per heavy atom. The maximum Gasteiger partial charge on any atom is 0.326 e. The third-order valence-corrected chi connectivity index (χ3v) is 5.88. The Balaban J connectivity index is 1.49. The fourth-order valence-corrected chi connectivity index (χ4v) is 4.01. The molecule has 0 saturated heterocycles. The first-order valence-corrected chi connectivity index (χ1v) is 10.7. The van der Waals surface area contributed by atoms with Gasteiger partial charge in [0.15, 0.2) is 5.65 Å².